The van der Waals surface area contributed by atoms with Crippen molar-refractivity contribution in [1.29, 1.82) is 0 Å². The summed E-state index contributed by atoms with van der Waals surface area (Å²) in [5, 5.41) is 3.00. The van der Waals surface area contributed by atoms with Crippen molar-refractivity contribution in [2.45, 2.75) is 39.2 Å². The van der Waals surface area contributed by atoms with Crippen LogP contribution < -0.4 is 14.8 Å². The van der Waals surface area contributed by atoms with E-state index in [1.807, 2.05) is 30.3 Å². The molecule has 0 fully saturated rings. The summed E-state index contributed by atoms with van der Waals surface area (Å²) >= 11 is 0. The molecule has 6 nitrogen and oxygen atoms in total. The fourth-order valence-electron chi connectivity index (χ4n) is 4.19. The summed E-state index contributed by atoms with van der Waals surface area (Å²) in [5.41, 5.74) is 3.92. The van der Waals surface area contributed by atoms with E-state index in [0.717, 1.165) is 41.2 Å². The monoisotopic (exact) mass is 471 g/mol. The fraction of sp³-hybridized carbons (Fsp3) is 0.310. The number of aromatic nitrogens is 2. The number of imidazole rings is 1. The molecule has 0 aliphatic rings. The number of hydrogen-bond donors (Lipinski definition) is 1. The minimum atomic E-state index is -0.0848. The molecule has 0 spiro atoms. The molecule has 0 atom stereocenters. The van der Waals surface area contributed by atoms with Crippen molar-refractivity contribution in [1.82, 2.24) is 14.9 Å². The summed E-state index contributed by atoms with van der Waals surface area (Å²) < 4.78 is 13.6. The van der Waals surface area contributed by atoms with Crippen LogP contribution in [0.2, 0.25) is 0 Å². The number of methoxy groups -OCH3 is 1. The number of para-hydroxylation sites is 3. The molecule has 0 saturated heterocycles. The molecule has 35 heavy (non-hydrogen) atoms. The Bertz CT molecular complexity index is 1260. The van der Waals surface area contributed by atoms with Gasteiger partial charge in [0.15, 0.2) is 0 Å². The van der Waals surface area contributed by atoms with Gasteiger partial charge in [0.05, 0.1) is 24.7 Å². The van der Waals surface area contributed by atoms with Crippen LogP contribution in [-0.4, -0.2) is 35.7 Å². The van der Waals surface area contributed by atoms with E-state index >= 15 is 0 Å². The molecule has 0 unspecified atom stereocenters. The second-order valence-corrected chi connectivity index (χ2v) is 8.80. The number of carbonyl (C=O) groups is 1. The smallest absolute Gasteiger partial charge is 0.251 e. The van der Waals surface area contributed by atoms with Gasteiger partial charge in [-0.25, -0.2) is 4.98 Å². The lowest BCUT2D eigenvalue weighted by molar-refractivity contribution is 0.0953. The van der Waals surface area contributed by atoms with E-state index in [2.05, 4.69) is 41.9 Å². The molecule has 6 heteroatoms. The summed E-state index contributed by atoms with van der Waals surface area (Å²) in [6.07, 6.45) is 1.56. The van der Waals surface area contributed by atoms with E-state index in [1.54, 1.807) is 31.4 Å². The van der Waals surface area contributed by atoms with E-state index in [9.17, 15) is 4.79 Å². The number of nitrogens with one attached hydrogen (secondary N) is 1. The minimum absolute atomic E-state index is 0.0848. The number of benzene rings is 3. The van der Waals surface area contributed by atoms with Gasteiger partial charge in [0.1, 0.15) is 23.9 Å². The number of fused-ring (bicyclic) bond motifs is 1. The highest BCUT2D eigenvalue weighted by Crippen LogP contribution is 2.26. The highest BCUT2D eigenvalue weighted by atomic mass is 16.5. The van der Waals surface area contributed by atoms with Crippen molar-refractivity contribution < 1.29 is 14.3 Å². The maximum atomic E-state index is 12.4. The quantitative estimate of drug-likeness (QED) is 0.289. The summed E-state index contributed by atoms with van der Waals surface area (Å²) in [7, 11) is 1.61. The van der Waals surface area contributed by atoms with Crippen LogP contribution in [0.3, 0.4) is 0 Å². The standard InChI is InChI=1S/C29H33N3O3/c1-21(2)24-9-4-7-12-27(24)35-20-19-32-26-11-6-5-10-25(26)31-28(32)13-8-18-30-29(33)22-14-16-23(34-3)17-15-22/h4-7,9-12,14-17,21H,8,13,18-20H2,1-3H3,(H,30,33). The normalized spacial score (nSPS) is 11.1. The van der Waals surface area contributed by atoms with Crippen LogP contribution in [0.15, 0.2) is 72.8 Å². The van der Waals surface area contributed by atoms with Gasteiger partial charge < -0.3 is 19.4 Å². The van der Waals surface area contributed by atoms with Gasteiger partial charge in [-0.15, -0.1) is 0 Å². The molecule has 1 aromatic heterocycles. The Balaban J connectivity index is 1.37. The number of amides is 1. The molecular weight excluding hydrogens is 438 g/mol. The number of ether oxygens (including phenoxy) is 2. The van der Waals surface area contributed by atoms with Gasteiger partial charge in [0.2, 0.25) is 0 Å². The minimum Gasteiger partial charge on any atom is -0.497 e. The number of aryl methyl sites for hydroxylation is 1. The summed E-state index contributed by atoms with van der Waals surface area (Å²) in [5.74, 6) is 3.00. The molecular formula is C29H33N3O3. The highest BCUT2D eigenvalue weighted by molar-refractivity contribution is 5.94. The van der Waals surface area contributed by atoms with Crippen molar-refractivity contribution in [3.8, 4) is 11.5 Å². The van der Waals surface area contributed by atoms with Crippen LogP contribution >= 0.6 is 0 Å². The Kier molecular flexibility index (Phi) is 8.03. The lowest BCUT2D eigenvalue weighted by Crippen LogP contribution is -2.25. The molecule has 0 aliphatic heterocycles. The van der Waals surface area contributed by atoms with Crippen LogP contribution in [0.1, 0.15) is 47.9 Å². The maximum Gasteiger partial charge on any atom is 0.251 e. The first-order chi connectivity index (χ1) is 17.1. The Hall–Kier alpha value is -3.80. The summed E-state index contributed by atoms with van der Waals surface area (Å²) in [6.45, 7) is 6.20. The van der Waals surface area contributed by atoms with Crippen LogP contribution in [-0.2, 0) is 13.0 Å². The Morgan fingerprint density at radius 1 is 1.00 bits per heavy atom. The Morgan fingerprint density at radius 3 is 2.51 bits per heavy atom. The third-order valence-corrected chi connectivity index (χ3v) is 6.06. The van der Waals surface area contributed by atoms with Crippen molar-refractivity contribution in [3.05, 3.63) is 89.7 Å². The largest absolute Gasteiger partial charge is 0.497 e. The number of hydrogen-bond acceptors (Lipinski definition) is 4. The Labute approximate surface area is 206 Å². The van der Waals surface area contributed by atoms with E-state index in [1.165, 1.54) is 5.56 Å². The van der Waals surface area contributed by atoms with Gasteiger partial charge in [0.25, 0.3) is 5.91 Å². The average Bonchev–Trinajstić information content (AvgIpc) is 3.24. The lowest BCUT2D eigenvalue weighted by atomic mass is 10.0. The maximum absolute atomic E-state index is 12.4. The van der Waals surface area contributed by atoms with Gasteiger partial charge in [-0.2, -0.15) is 0 Å². The van der Waals surface area contributed by atoms with Crippen molar-refractivity contribution >= 4 is 16.9 Å². The molecule has 0 saturated carbocycles. The predicted molar refractivity (Wildman–Crippen MR) is 139 cm³/mol. The van der Waals surface area contributed by atoms with E-state index in [0.29, 0.717) is 31.2 Å². The molecule has 0 aliphatic carbocycles. The lowest BCUT2D eigenvalue weighted by Gasteiger charge is -2.15. The highest BCUT2D eigenvalue weighted by Gasteiger charge is 2.12. The molecule has 4 rings (SSSR count). The zero-order valence-corrected chi connectivity index (χ0v) is 20.7. The number of nitrogens with zero attached hydrogens (tertiary/aromatic N) is 2. The van der Waals surface area contributed by atoms with Gasteiger partial charge in [-0.1, -0.05) is 44.2 Å². The summed E-state index contributed by atoms with van der Waals surface area (Å²) in [6, 6.07) is 23.5. The molecule has 1 heterocycles. The Morgan fingerprint density at radius 2 is 1.74 bits per heavy atom. The van der Waals surface area contributed by atoms with Gasteiger partial charge in [-0.05, 0) is 60.4 Å². The molecule has 0 radical (unpaired) electrons. The second-order valence-electron chi connectivity index (χ2n) is 8.80. The third-order valence-electron chi connectivity index (χ3n) is 6.06. The molecule has 0 bridgehead atoms. The van der Waals surface area contributed by atoms with Crippen LogP contribution in [0.4, 0.5) is 0 Å². The van der Waals surface area contributed by atoms with E-state index < -0.39 is 0 Å². The van der Waals surface area contributed by atoms with Gasteiger partial charge >= 0.3 is 0 Å². The van der Waals surface area contributed by atoms with Crippen LogP contribution in [0, 0.1) is 0 Å². The average molecular weight is 472 g/mol. The van der Waals surface area contributed by atoms with Gasteiger partial charge in [0, 0.05) is 18.5 Å². The van der Waals surface area contributed by atoms with Crippen molar-refractivity contribution in [2.24, 2.45) is 0 Å². The first-order valence-corrected chi connectivity index (χ1v) is 12.1. The molecule has 1 N–H and O–H groups in total. The first kappa shape index (κ1) is 24.3. The van der Waals surface area contributed by atoms with Gasteiger partial charge in [-0.3, -0.25) is 4.79 Å². The fourth-order valence-corrected chi connectivity index (χ4v) is 4.19. The van der Waals surface area contributed by atoms with Crippen LogP contribution in [0.5, 0.6) is 11.5 Å². The zero-order chi connectivity index (χ0) is 24.6. The molecule has 182 valence electrons. The number of rotatable bonds is 11. The van der Waals surface area contributed by atoms with Crippen molar-refractivity contribution in [2.75, 3.05) is 20.3 Å². The molecule has 4 aromatic rings. The first-order valence-electron chi connectivity index (χ1n) is 12.1. The van der Waals surface area contributed by atoms with E-state index in [-0.39, 0.29) is 5.91 Å². The zero-order valence-electron chi connectivity index (χ0n) is 20.7. The SMILES string of the molecule is COc1ccc(C(=O)NCCCc2nc3ccccc3n2CCOc2ccccc2C(C)C)cc1. The van der Waals surface area contributed by atoms with Crippen LogP contribution in [0.25, 0.3) is 11.0 Å². The topological polar surface area (TPSA) is 65.4 Å². The molecule has 1 amide bonds. The van der Waals surface area contributed by atoms with E-state index in [4.69, 9.17) is 14.5 Å². The number of carbonyl (C=O) groups excluding carboxylic acids is 1. The third kappa shape index (κ3) is 6.01. The second kappa shape index (κ2) is 11.6. The summed E-state index contributed by atoms with van der Waals surface area (Å²) in [4.78, 5) is 17.3. The predicted octanol–water partition coefficient (Wildman–Crippen LogP) is 5.61. The van der Waals surface area contributed by atoms with Crippen molar-refractivity contribution in [3.63, 3.8) is 0 Å². The molecule has 3 aromatic carbocycles.